The summed E-state index contributed by atoms with van der Waals surface area (Å²) in [6.45, 7) is 5.33. The van der Waals surface area contributed by atoms with Gasteiger partial charge in [0.2, 0.25) is 0 Å². The number of carbonyl (C=O) groups is 1. The molecule has 2 rings (SSSR count). The second-order valence-corrected chi connectivity index (χ2v) is 6.28. The Kier molecular flexibility index (Phi) is 5.76. The summed E-state index contributed by atoms with van der Waals surface area (Å²) >= 11 is 0. The third kappa shape index (κ3) is 4.83. The summed E-state index contributed by atoms with van der Waals surface area (Å²) < 4.78 is 0. The largest absolute Gasteiger partial charge is 0.387 e. The molecule has 1 amide bonds. The summed E-state index contributed by atoms with van der Waals surface area (Å²) in [6, 6.07) is 7.81. The van der Waals surface area contributed by atoms with E-state index in [1.807, 2.05) is 12.1 Å². The van der Waals surface area contributed by atoms with Gasteiger partial charge < -0.3 is 15.7 Å². The zero-order valence-electron chi connectivity index (χ0n) is 12.9. The van der Waals surface area contributed by atoms with Gasteiger partial charge in [-0.2, -0.15) is 0 Å². The van der Waals surface area contributed by atoms with Crippen molar-refractivity contribution in [2.24, 2.45) is 5.92 Å². The minimum absolute atomic E-state index is 0.0790. The van der Waals surface area contributed by atoms with Crippen LogP contribution in [0.5, 0.6) is 0 Å². The van der Waals surface area contributed by atoms with E-state index in [0.29, 0.717) is 30.6 Å². The van der Waals surface area contributed by atoms with Gasteiger partial charge in [-0.15, -0.1) is 0 Å². The van der Waals surface area contributed by atoms with Gasteiger partial charge in [0.15, 0.2) is 0 Å². The van der Waals surface area contributed by atoms with Crippen molar-refractivity contribution in [3.8, 4) is 0 Å². The van der Waals surface area contributed by atoms with Crippen molar-refractivity contribution in [3.63, 3.8) is 0 Å². The van der Waals surface area contributed by atoms with Crippen molar-refractivity contribution in [1.29, 1.82) is 0 Å². The van der Waals surface area contributed by atoms with E-state index in [1.54, 1.807) is 12.1 Å². The molecular formula is C17H26N2O2. The highest BCUT2D eigenvalue weighted by Crippen LogP contribution is 2.20. The van der Waals surface area contributed by atoms with E-state index < -0.39 is 6.10 Å². The lowest BCUT2D eigenvalue weighted by molar-refractivity contribution is 0.0948. The highest BCUT2D eigenvalue weighted by Gasteiger charge is 2.18. The summed E-state index contributed by atoms with van der Waals surface area (Å²) in [6.07, 6.45) is 3.11. The van der Waals surface area contributed by atoms with Crippen LogP contribution < -0.4 is 10.6 Å². The highest BCUT2D eigenvalue weighted by atomic mass is 16.3. The van der Waals surface area contributed by atoms with Crippen LogP contribution in [0.1, 0.15) is 55.1 Å². The Labute approximate surface area is 126 Å². The zero-order valence-corrected chi connectivity index (χ0v) is 12.9. The topological polar surface area (TPSA) is 61.4 Å². The van der Waals surface area contributed by atoms with Crippen LogP contribution in [0.3, 0.4) is 0 Å². The molecule has 1 aromatic carbocycles. The van der Waals surface area contributed by atoms with Crippen LogP contribution in [0.25, 0.3) is 0 Å². The molecule has 0 saturated heterocycles. The van der Waals surface area contributed by atoms with Crippen LogP contribution in [-0.4, -0.2) is 30.1 Å². The average molecular weight is 290 g/mol. The molecule has 1 aromatic rings. The van der Waals surface area contributed by atoms with Gasteiger partial charge in [0.05, 0.1) is 6.10 Å². The Morgan fingerprint density at radius 1 is 1.33 bits per heavy atom. The fourth-order valence-electron chi connectivity index (χ4n) is 2.29. The first-order valence-corrected chi connectivity index (χ1v) is 7.86. The molecule has 0 radical (unpaired) electrons. The van der Waals surface area contributed by atoms with Gasteiger partial charge >= 0.3 is 0 Å². The molecule has 4 heteroatoms. The quantitative estimate of drug-likeness (QED) is 0.722. The van der Waals surface area contributed by atoms with E-state index in [2.05, 4.69) is 24.5 Å². The molecule has 0 spiro atoms. The fraction of sp³-hybridized carbons (Fsp3) is 0.588. The van der Waals surface area contributed by atoms with Gasteiger partial charge in [-0.3, -0.25) is 4.79 Å². The fourth-order valence-corrected chi connectivity index (χ4v) is 2.29. The second kappa shape index (κ2) is 7.57. The maximum Gasteiger partial charge on any atom is 0.251 e. The Bertz CT molecular complexity index is 470. The number of hydrogen-bond donors (Lipinski definition) is 3. The third-order valence-corrected chi connectivity index (χ3v) is 3.91. The van der Waals surface area contributed by atoms with Crippen LogP contribution in [0.2, 0.25) is 0 Å². The van der Waals surface area contributed by atoms with E-state index in [9.17, 15) is 9.90 Å². The zero-order chi connectivity index (χ0) is 15.2. The van der Waals surface area contributed by atoms with Crippen molar-refractivity contribution in [2.45, 2.75) is 45.3 Å². The first-order valence-electron chi connectivity index (χ1n) is 7.86. The molecule has 3 N–H and O–H groups in total. The lowest BCUT2D eigenvalue weighted by Crippen LogP contribution is -2.37. The van der Waals surface area contributed by atoms with Crippen LogP contribution in [0.4, 0.5) is 0 Å². The SMILES string of the molecule is CC(C)CNC(=O)c1cccc(C(O)CNC2CCC2)c1. The predicted octanol–water partition coefficient (Wildman–Crippen LogP) is 2.25. The molecule has 0 aliphatic heterocycles. The van der Waals surface area contributed by atoms with Gasteiger partial charge in [0.1, 0.15) is 0 Å². The maximum absolute atomic E-state index is 12.0. The molecule has 0 bridgehead atoms. The standard InChI is InChI=1S/C17H26N2O2/c1-12(2)10-19-17(21)14-6-3-5-13(9-14)16(20)11-18-15-7-4-8-15/h3,5-6,9,12,15-16,18,20H,4,7-8,10-11H2,1-2H3,(H,19,21). The number of aliphatic hydroxyl groups is 1. The number of nitrogens with one attached hydrogen (secondary N) is 2. The van der Waals surface area contributed by atoms with Crippen molar-refractivity contribution >= 4 is 5.91 Å². The number of rotatable bonds is 7. The minimum Gasteiger partial charge on any atom is -0.387 e. The Balaban J connectivity index is 1.90. The van der Waals surface area contributed by atoms with E-state index in [0.717, 1.165) is 5.56 Å². The molecule has 1 aliphatic rings. The van der Waals surface area contributed by atoms with Crippen LogP contribution in [0, 0.1) is 5.92 Å². The average Bonchev–Trinajstić information content (AvgIpc) is 2.43. The van der Waals surface area contributed by atoms with Gasteiger partial charge in [-0.25, -0.2) is 0 Å². The van der Waals surface area contributed by atoms with Gasteiger partial charge in [0.25, 0.3) is 5.91 Å². The normalized spacial score (nSPS) is 16.6. The smallest absolute Gasteiger partial charge is 0.251 e. The summed E-state index contributed by atoms with van der Waals surface area (Å²) in [4.78, 5) is 12.0. The highest BCUT2D eigenvalue weighted by molar-refractivity contribution is 5.94. The molecule has 1 fully saturated rings. The number of carbonyl (C=O) groups excluding carboxylic acids is 1. The first-order chi connectivity index (χ1) is 10.1. The summed E-state index contributed by atoms with van der Waals surface area (Å²) in [7, 11) is 0. The van der Waals surface area contributed by atoms with Crippen LogP contribution in [0.15, 0.2) is 24.3 Å². The number of hydrogen-bond acceptors (Lipinski definition) is 3. The lowest BCUT2D eigenvalue weighted by atomic mass is 9.93. The van der Waals surface area contributed by atoms with Crippen molar-refractivity contribution in [1.82, 2.24) is 10.6 Å². The Morgan fingerprint density at radius 2 is 2.10 bits per heavy atom. The molecule has 1 atom stereocenters. The minimum atomic E-state index is -0.566. The number of amides is 1. The molecule has 0 aromatic heterocycles. The second-order valence-electron chi connectivity index (χ2n) is 6.28. The number of benzene rings is 1. The van der Waals surface area contributed by atoms with E-state index in [4.69, 9.17) is 0 Å². The van der Waals surface area contributed by atoms with Gasteiger partial charge in [0, 0.05) is 24.7 Å². The van der Waals surface area contributed by atoms with Gasteiger partial charge in [-0.1, -0.05) is 32.4 Å². The van der Waals surface area contributed by atoms with E-state index >= 15 is 0 Å². The van der Waals surface area contributed by atoms with Gasteiger partial charge in [-0.05, 0) is 36.5 Å². The van der Waals surface area contributed by atoms with Crippen molar-refractivity contribution in [3.05, 3.63) is 35.4 Å². The summed E-state index contributed by atoms with van der Waals surface area (Å²) in [5.74, 6) is 0.346. The van der Waals surface area contributed by atoms with E-state index in [-0.39, 0.29) is 5.91 Å². The molecule has 4 nitrogen and oxygen atoms in total. The van der Waals surface area contributed by atoms with Crippen LogP contribution >= 0.6 is 0 Å². The molecular weight excluding hydrogens is 264 g/mol. The molecule has 1 saturated carbocycles. The Hall–Kier alpha value is -1.39. The maximum atomic E-state index is 12.0. The molecule has 0 heterocycles. The lowest BCUT2D eigenvalue weighted by Gasteiger charge is -2.27. The number of aliphatic hydroxyl groups excluding tert-OH is 1. The van der Waals surface area contributed by atoms with Crippen LogP contribution in [-0.2, 0) is 0 Å². The molecule has 116 valence electrons. The summed E-state index contributed by atoms with van der Waals surface area (Å²) in [5, 5.41) is 16.5. The molecule has 1 aliphatic carbocycles. The predicted molar refractivity (Wildman–Crippen MR) is 84.2 cm³/mol. The van der Waals surface area contributed by atoms with Crippen molar-refractivity contribution < 1.29 is 9.90 Å². The van der Waals surface area contributed by atoms with Crippen molar-refractivity contribution in [2.75, 3.05) is 13.1 Å². The van der Waals surface area contributed by atoms with E-state index in [1.165, 1.54) is 19.3 Å². The monoisotopic (exact) mass is 290 g/mol. The first kappa shape index (κ1) is 16.0. The molecule has 21 heavy (non-hydrogen) atoms. The Morgan fingerprint density at radius 3 is 2.71 bits per heavy atom. The summed E-state index contributed by atoms with van der Waals surface area (Å²) in [5.41, 5.74) is 1.40. The molecule has 1 unspecified atom stereocenters. The third-order valence-electron chi connectivity index (χ3n) is 3.91.